The van der Waals surface area contributed by atoms with Crippen LogP contribution in [0.4, 0.5) is 11.4 Å². The smallest absolute Gasteiger partial charge is 0.293 e. The van der Waals surface area contributed by atoms with Gasteiger partial charge in [0.1, 0.15) is 12.2 Å². The number of hydrogen-bond acceptors (Lipinski definition) is 5. The number of para-hydroxylation sites is 1. The first-order valence-corrected chi connectivity index (χ1v) is 6.44. The highest BCUT2D eigenvalue weighted by Gasteiger charge is 2.29. The minimum atomic E-state index is -0.544. The molecule has 0 unspecified atom stereocenters. The van der Waals surface area contributed by atoms with Gasteiger partial charge in [-0.2, -0.15) is 0 Å². The van der Waals surface area contributed by atoms with E-state index in [9.17, 15) is 19.7 Å². The third kappa shape index (κ3) is 2.78. The third-order valence-corrected chi connectivity index (χ3v) is 3.46. The van der Waals surface area contributed by atoms with Crippen molar-refractivity contribution < 1.29 is 14.5 Å². The van der Waals surface area contributed by atoms with Crippen LogP contribution in [0.1, 0.15) is 10.4 Å². The maximum absolute atomic E-state index is 12.5. The lowest BCUT2D eigenvalue weighted by Crippen LogP contribution is -2.50. The molecule has 1 heterocycles. The van der Waals surface area contributed by atoms with Gasteiger partial charge >= 0.3 is 0 Å². The van der Waals surface area contributed by atoms with E-state index in [2.05, 4.69) is 5.32 Å². The van der Waals surface area contributed by atoms with Gasteiger partial charge in [0.15, 0.2) is 0 Å². The highest BCUT2D eigenvalue weighted by Crippen LogP contribution is 2.28. The number of nitrogens with zero attached hydrogens (tertiary/aromatic N) is 3. The van der Waals surface area contributed by atoms with Gasteiger partial charge in [0, 0.05) is 33.3 Å². The summed E-state index contributed by atoms with van der Waals surface area (Å²) in [4.78, 5) is 37.6. The van der Waals surface area contributed by atoms with Gasteiger partial charge in [-0.25, -0.2) is 0 Å². The minimum absolute atomic E-state index is 0.0127. The number of amides is 2. The van der Waals surface area contributed by atoms with E-state index >= 15 is 0 Å². The predicted molar refractivity (Wildman–Crippen MR) is 76.2 cm³/mol. The average Bonchev–Trinajstić information content (AvgIpc) is 2.48. The minimum Gasteiger partial charge on any atom is -0.382 e. The Hall–Kier alpha value is -2.64. The summed E-state index contributed by atoms with van der Waals surface area (Å²) in [5.41, 5.74) is 0.201. The van der Waals surface area contributed by atoms with Crippen molar-refractivity contribution in [1.29, 1.82) is 0 Å². The van der Waals surface area contributed by atoms with E-state index in [0.29, 0.717) is 13.1 Å². The van der Waals surface area contributed by atoms with Crippen LogP contribution in [0.3, 0.4) is 0 Å². The summed E-state index contributed by atoms with van der Waals surface area (Å²) in [5.74, 6) is -0.532. The molecule has 0 spiro atoms. The van der Waals surface area contributed by atoms with Crippen LogP contribution in [0.5, 0.6) is 0 Å². The fraction of sp³-hybridized carbons (Fsp3) is 0.385. The summed E-state index contributed by atoms with van der Waals surface area (Å²) in [7, 11) is 3.20. The molecule has 2 amide bonds. The van der Waals surface area contributed by atoms with Crippen molar-refractivity contribution in [3.63, 3.8) is 0 Å². The van der Waals surface area contributed by atoms with E-state index < -0.39 is 4.92 Å². The van der Waals surface area contributed by atoms with Gasteiger partial charge in [-0.3, -0.25) is 19.7 Å². The number of anilines is 1. The molecule has 8 nitrogen and oxygen atoms in total. The van der Waals surface area contributed by atoms with E-state index in [1.807, 2.05) is 0 Å². The van der Waals surface area contributed by atoms with Crippen LogP contribution in [-0.4, -0.2) is 60.3 Å². The molecule has 0 aliphatic carbocycles. The SMILES string of the molecule is CNc1c(C(=O)N2CCN(C)C(=O)C2)cccc1[N+](=O)[O-]. The van der Waals surface area contributed by atoms with Gasteiger partial charge in [0.2, 0.25) is 5.91 Å². The van der Waals surface area contributed by atoms with Crippen molar-refractivity contribution in [1.82, 2.24) is 9.80 Å². The Balaban J connectivity index is 2.33. The van der Waals surface area contributed by atoms with Crippen LogP contribution in [-0.2, 0) is 4.79 Å². The molecule has 1 aromatic carbocycles. The highest BCUT2D eigenvalue weighted by molar-refractivity contribution is 6.03. The van der Waals surface area contributed by atoms with E-state index in [4.69, 9.17) is 0 Å². The zero-order chi connectivity index (χ0) is 15.6. The Bertz CT molecular complexity index is 602. The summed E-state index contributed by atoms with van der Waals surface area (Å²) >= 11 is 0. The number of carbonyl (C=O) groups excluding carboxylic acids is 2. The van der Waals surface area contributed by atoms with Crippen molar-refractivity contribution in [3.8, 4) is 0 Å². The standard InChI is InChI=1S/C13H16N4O4/c1-14-12-9(4-3-5-10(12)17(20)21)13(19)16-7-6-15(2)11(18)8-16/h3-5,14H,6-8H2,1-2H3. The van der Waals surface area contributed by atoms with E-state index in [0.717, 1.165) is 0 Å². The normalized spacial score (nSPS) is 15.0. The van der Waals surface area contributed by atoms with Crippen molar-refractivity contribution in [2.45, 2.75) is 0 Å². The molecule has 21 heavy (non-hydrogen) atoms. The molecule has 1 fully saturated rings. The Morgan fingerprint density at radius 3 is 2.67 bits per heavy atom. The number of benzene rings is 1. The van der Waals surface area contributed by atoms with Gasteiger partial charge in [-0.15, -0.1) is 0 Å². The molecule has 1 saturated heterocycles. The monoisotopic (exact) mass is 292 g/mol. The summed E-state index contributed by atoms with van der Waals surface area (Å²) in [6.07, 6.45) is 0. The Labute approximate surface area is 121 Å². The van der Waals surface area contributed by atoms with Crippen molar-refractivity contribution in [2.24, 2.45) is 0 Å². The fourth-order valence-electron chi connectivity index (χ4n) is 2.24. The molecule has 0 saturated carbocycles. The quantitative estimate of drug-likeness (QED) is 0.648. The second-order valence-electron chi connectivity index (χ2n) is 4.75. The molecule has 2 rings (SSSR count). The molecule has 1 aliphatic heterocycles. The number of likely N-dealkylation sites (N-methyl/N-ethyl adjacent to an activating group) is 1. The Morgan fingerprint density at radius 2 is 2.10 bits per heavy atom. The van der Waals surface area contributed by atoms with Crippen molar-refractivity contribution in [3.05, 3.63) is 33.9 Å². The first-order valence-electron chi connectivity index (χ1n) is 6.44. The van der Waals surface area contributed by atoms with Gasteiger partial charge in [-0.1, -0.05) is 6.07 Å². The third-order valence-electron chi connectivity index (χ3n) is 3.46. The topological polar surface area (TPSA) is 95.8 Å². The molecule has 0 atom stereocenters. The first-order chi connectivity index (χ1) is 9.95. The number of hydrogen-bond donors (Lipinski definition) is 1. The molecular formula is C13H16N4O4. The van der Waals surface area contributed by atoms with Gasteiger partial charge in [0.25, 0.3) is 11.6 Å². The lowest BCUT2D eigenvalue weighted by atomic mass is 10.1. The van der Waals surface area contributed by atoms with Gasteiger partial charge in [-0.05, 0) is 6.07 Å². The maximum Gasteiger partial charge on any atom is 0.293 e. The van der Waals surface area contributed by atoms with Crippen LogP contribution < -0.4 is 5.32 Å². The maximum atomic E-state index is 12.5. The fourth-order valence-corrected chi connectivity index (χ4v) is 2.24. The average molecular weight is 292 g/mol. The molecule has 112 valence electrons. The number of nitrogens with one attached hydrogen (secondary N) is 1. The summed E-state index contributed by atoms with van der Waals surface area (Å²) in [6, 6.07) is 4.31. The van der Waals surface area contributed by atoms with E-state index in [-0.39, 0.29) is 35.3 Å². The van der Waals surface area contributed by atoms with Gasteiger partial charge < -0.3 is 15.1 Å². The number of carbonyl (C=O) groups is 2. The Kier molecular flexibility index (Phi) is 4.06. The van der Waals surface area contributed by atoms with Crippen LogP contribution in [0.15, 0.2) is 18.2 Å². The number of piperazine rings is 1. The zero-order valence-electron chi connectivity index (χ0n) is 11.8. The largest absolute Gasteiger partial charge is 0.382 e. The highest BCUT2D eigenvalue weighted by atomic mass is 16.6. The van der Waals surface area contributed by atoms with E-state index in [1.54, 1.807) is 11.9 Å². The predicted octanol–water partition coefficient (Wildman–Crippen LogP) is 0.551. The second kappa shape index (κ2) is 5.78. The molecule has 0 aromatic heterocycles. The molecule has 8 heteroatoms. The Morgan fingerprint density at radius 1 is 1.38 bits per heavy atom. The van der Waals surface area contributed by atoms with Crippen molar-refractivity contribution in [2.75, 3.05) is 39.0 Å². The number of rotatable bonds is 3. The first kappa shape index (κ1) is 14.8. The molecule has 0 radical (unpaired) electrons. The van der Waals surface area contributed by atoms with Crippen LogP contribution >= 0.6 is 0 Å². The molecule has 0 bridgehead atoms. The van der Waals surface area contributed by atoms with E-state index in [1.165, 1.54) is 30.1 Å². The lowest BCUT2D eigenvalue weighted by molar-refractivity contribution is -0.384. The summed E-state index contributed by atoms with van der Waals surface area (Å²) < 4.78 is 0. The molecule has 1 N–H and O–H groups in total. The molecular weight excluding hydrogens is 276 g/mol. The second-order valence-corrected chi connectivity index (χ2v) is 4.75. The summed E-state index contributed by atoms with van der Waals surface area (Å²) in [6.45, 7) is 0.850. The number of nitro groups is 1. The number of nitro benzene ring substituents is 1. The zero-order valence-corrected chi connectivity index (χ0v) is 11.8. The van der Waals surface area contributed by atoms with Gasteiger partial charge in [0.05, 0.1) is 10.5 Å². The van der Waals surface area contributed by atoms with Crippen molar-refractivity contribution >= 4 is 23.2 Å². The lowest BCUT2D eigenvalue weighted by Gasteiger charge is -2.32. The van der Waals surface area contributed by atoms with Crippen LogP contribution in [0, 0.1) is 10.1 Å². The van der Waals surface area contributed by atoms with Crippen LogP contribution in [0.2, 0.25) is 0 Å². The summed E-state index contributed by atoms with van der Waals surface area (Å²) in [5, 5.41) is 13.7. The molecule has 1 aliphatic rings. The molecule has 1 aromatic rings. The van der Waals surface area contributed by atoms with Crippen LogP contribution in [0.25, 0.3) is 0 Å².